The fourth-order valence-electron chi connectivity index (χ4n) is 1.44. The van der Waals surface area contributed by atoms with Gasteiger partial charge in [0.15, 0.2) is 0 Å². The molecule has 0 fully saturated rings. The van der Waals surface area contributed by atoms with Crippen LogP contribution < -0.4 is 10.5 Å². The van der Waals surface area contributed by atoms with Gasteiger partial charge in [0.25, 0.3) is 0 Å². The van der Waals surface area contributed by atoms with Gasteiger partial charge in [-0.15, -0.1) is 0 Å². The number of nitrogens with two attached hydrogens (primary N) is 1. The average molecular weight is 242 g/mol. The summed E-state index contributed by atoms with van der Waals surface area (Å²) in [5, 5.41) is 0.675. The van der Waals surface area contributed by atoms with E-state index >= 15 is 0 Å². The first-order chi connectivity index (χ1) is 7.42. The number of hydrogen-bond donors (Lipinski definition) is 1. The first kappa shape index (κ1) is 13.3. The predicted molar refractivity (Wildman–Crippen MR) is 69.2 cm³/mol. The van der Waals surface area contributed by atoms with Crippen LogP contribution in [-0.4, -0.2) is 12.1 Å². The maximum atomic E-state index is 6.10. The van der Waals surface area contributed by atoms with E-state index in [2.05, 4.69) is 0 Å². The minimum absolute atomic E-state index is 0.134. The van der Waals surface area contributed by atoms with Crippen molar-refractivity contribution < 1.29 is 4.74 Å². The molecule has 0 saturated heterocycles. The predicted octanol–water partition coefficient (Wildman–Crippen LogP) is 3.41. The minimum atomic E-state index is -0.134. The molecule has 0 amide bonds. The molecule has 0 aliphatic heterocycles. The van der Waals surface area contributed by atoms with Gasteiger partial charge in [-0.1, -0.05) is 17.7 Å². The summed E-state index contributed by atoms with van der Waals surface area (Å²) >= 11 is 6.10. The second-order valence-corrected chi connectivity index (χ2v) is 5.09. The fraction of sp³-hybridized carbons (Fsp3) is 0.538. The van der Waals surface area contributed by atoms with Crippen LogP contribution in [0.2, 0.25) is 5.02 Å². The summed E-state index contributed by atoms with van der Waals surface area (Å²) in [4.78, 5) is 0. The van der Waals surface area contributed by atoms with Gasteiger partial charge in [0.05, 0.1) is 11.6 Å². The lowest BCUT2D eigenvalue weighted by Gasteiger charge is -2.18. The molecule has 16 heavy (non-hydrogen) atoms. The summed E-state index contributed by atoms with van der Waals surface area (Å²) in [6.45, 7) is 6.64. The van der Waals surface area contributed by atoms with Crippen molar-refractivity contribution in [2.24, 2.45) is 5.73 Å². The summed E-state index contributed by atoms with van der Waals surface area (Å²) in [6.07, 6.45) is 1.88. The average Bonchev–Trinajstić information content (AvgIpc) is 2.18. The third-order valence-electron chi connectivity index (χ3n) is 2.35. The normalized spacial score (nSPS) is 11.6. The van der Waals surface area contributed by atoms with E-state index in [9.17, 15) is 0 Å². The summed E-state index contributed by atoms with van der Waals surface area (Å²) < 4.78 is 5.38. The van der Waals surface area contributed by atoms with Crippen LogP contribution in [0.5, 0.6) is 5.75 Å². The Morgan fingerprint density at radius 3 is 2.56 bits per heavy atom. The minimum Gasteiger partial charge on any atom is -0.492 e. The summed E-state index contributed by atoms with van der Waals surface area (Å²) in [6, 6.07) is 5.92. The molecule has 3 heteroatoms. The van der Waals surface area contributed by atoms with Gasteiger partial charge in [0.1, 0.15) is 5.75 Å². The van der Waals surface area contributed by atoms with Gasteiger partial charge >= 0.3 is 0 Å². The molecule has 0 spiro atoms. The zero-order chi connectivity index (χ0) is 12.2. The van der Waals surface area contributed by atoms with Gasteiger partial charge in [0.2, 0.25) is 0 Å². The topological polar surface area (TPSA) is 35.2 Å². The largest absolute Gasteiger partial charge is 0.492 e. The molecule has 0 aromatic heterocycles. The highest BCUT2D eigenvalue weighted by molar-refractivity contribution is 6.32. The molecule has 1 aromatic carbocycles. The van der Waals surface area contributed by atoms with Crippen molar-refractivity contribution in [1.82, 2.24) is 0 Å². The number of aryl methyl sites for hydroxylation is 1. The highest BCUT2D eigenvalue weighted by Gasteiger charge is 2.11. The summed E-state index contributed by atoms with van der Waals surface area (Å²) in [5.74, 6) is 0.750. The van der Waals surface area contributed by atoms with Crippen LogP contribution in [0, 0.1) is 0 Å². The van der Waals surface area contributed by atoms with Crippen molar-refractivity contribution in [1.29, 1.82) is 0 Å². The molecule has 1 aromatic rings. The fourth-order valence-corrected chi connectivity index (χ4v) is 1.70. The summed E-state index contributed by atoms with van der Waals surface area (Å²) in [7, 11) is 0. The highest BCUT2D eigenvalue weighted by atomic mass is 35.5. The number of rotatable bonds is 5. The maximum absolute atomic E-state index is 6.10. The Balaban J connectivity index is 2.66. The number of ether oxygens (including phenoxy) is 1. The van der Waals surface area contributed by atoms with Crippen molar-refractivity contribution >= 4 is 11.6 Å². The molecule has 0 atom stereocenters. The second kappa shape index (κ2) is 5.55. The Labute approximate surface area is 103 Å². The molecule has 0 heterocycles. The molecule has 2 N–H and O–H groups in total. The molecular weight excluding hydrogens is 222 g/mol. The van der Waals surface area contributed by atoms with Gasteiger partial charge in [-0.2, -0.15) is 0 Å². The molecular formula is C13H20ClNO. The van der Waals surface area contributed by atoms with Crippen LogP contribution in [0.1, 0.15) is 32.8 Å². The monoisotopic (exact) mass is 241 g/mol. The molecule has 90 valence electrons. The van der Waals surface area contributed by atoms with Crippen LogP contribution in [0.4, 0.5) is 0 Å². The quantitative estimate of drug-likeness (QED) is 0.858. The molecule has 0 unspecified atom stereocenters. The first-order valence-electron chi connectivity index (χ1n) is 5.62. The Hall–Kier alpha value is -0.730. The standard InChI is InChI=1S/C13H20ClNO/c1-4-16-12-6-5-10(9-11(12)14)7-8-13(2,3)15/h5-6,9H,4,7-8,15H2,1-3H3. The van der Waals surface area contributed by atoms with Crippen LogP contribution in [0.3, 0.4) is 0 Å². The molecule has 0 bridgehead atoms. The van der Waals surface area contributed by atoms with E-state index < -0.39 is 0 Å². The van der Waals surface area contributed by atoms with E-state index in [1.807, 2.05) is 39.0 Å². The van der Waals surface area contributed by atoms with Crippen molar-refractivity contribution in [2.75, 3.05) is 6.61 Å². The lowest BCUT2D eigenvalue weighted by molar-refractivity contribution is 0.340. The van der Waals surface area contributed by atoms with Crippen LogP contribution >= 0.6 is 11.6 Å². The van der Waals surface area contributed by atoms with Crippen molar-refractivity contribution in [2.45, 2.75) is 39.2 Å². The molecule has 2 nitrogen and oxygen atoms in total. The Morgan fingerprint density at radius 1 is 1.38 bits per heavy atom. The highest BCUT2D eigenvalue weighted by Crippen LogP contribution is 2.26. The number of halogens is 1. The number of benzene rings is 1. The third kappa shape index (κ3) is 4.42. The molecule has 0 aliphatic rings. The zero-order valence-corrected chi connectivity index (χ0v) is 11.0. The Kier molecular flexibility index (Phi) is 4.63. The van der Waals surface area contributed by atoms with Gasteiger partial charge in [0, 0.05) is 5.54 Å². The summed E-state index contributed by atoms with van der Waals surface area (Å²) in [5.41, 5.74) is 7.01. The van der Waals surface area contributed by atoms with Crippen molar-refractivity contribution in [3.8, 4) is 5.75 Å². The third-order valence-corrected chi connectivity index (χ3v) is 2.65. The zero-order valence-electron chi connectivity index (χ0n) is 10.2. The van der Waals surface area contributed by atoms with Gasteiger partial charge in [-0.25, -0.2) is 0 Å². The smallest absolute Gasteiger partial charge is 0.137 e. The maximum Gasteiger partial charge on any atom is 0.137 e. The second-order valence-electron chi connectivity index (χ2n) is 4.69. The SMILES string of the molecule is CCOc1ccc(CCC(C)(C)N)cc1Cl. The van der Waals surface area contributed by atoms with E-state index in [4.69, 9.17) is 22.1 Å². The van der Waals surface area contributed by atoms with E-state index in [0.717, 1.165) is 18.6 Å². The lowest BCUT2D eigenvalue weighted by atomic mass is 9.96. The molecule has 0 saturated carbocycles. The lowest BCUT2D eigenvalue weighted by Crippen LogP contribution is -2.32. The Morgan fingerprint density at radius 2 is 2.06 bits per heavy atom. The molecule has 1 rings (SSSR count). The Bertz CT molecular complexity index is 344. The van der Waals surface area contributed by atoms with Crippen LogP contribution in [0.25, 0.3) is 0 Å². The van der Waals surface area contributed by atoms with Gasteiger partial charge < -0.3 is 10.5 Å². The van der Waals surface area contributed by atoms with Gasteiger partial charge in [-0.3, -0.25) is 0 Å². The first-order valence-corrected chi connectivity index (χ1v) is 6.00. The van der Waals surface area contributed by atoms with E-state index in [0.29, 0.717) is 11.6 Å². The van der Waals surface area contributed by atoms with Crippen molar-refractivity contribution in [3.63, 3.8) is 0 Å². The van der Waals surface area contributed by atoms with Crippen LogP contribution in [-0.2, 0) is 6.42 Å². The van der Waals surface area contributed by atoms with Crippen molar-refractivity contribution in [3.05, 3.63) is 28.8 Å². The molecule has 0 aliphatic carbocycles. The van der Waals surface area contributed by atoms with E-state index in [1.54, 1.807) is 0 Å². The van der Waals surface area contributed by atoms with Gasteiger partial charge in [-0.05, 0) is 51.3 Å². The number of hydrogen-bond acceptors (Lipinski definition) is 2. The van der Waals surface area contributed by atoms with E-state index in [-0.39, 0.29) is 5.54 Å². The van der Waals surface area contributed by atoms with Crippen LogP contribution in [0.15, 0.2) is 18.2 Å². The van der Waals surface area contributed by atoms with E-state index in [1.165, 1.54) is 5.56 Å². The molecule has 0 radical (unpaired) electrons.